The summed E-state index contributed by atoms with van der Waals surface area (Å²) in [6.07, 6.45) is 2.11. The van der Waals surface area contributed by atoms with Crippen LogP contribution >= 0.6 is 0 Å². The molecule has 0 aromatic heterocycles. The Morgan fingerprint density at radius 1 is 1.04 bits per heavy atom. The third kappa shape index (κ3) is 8.48. The van der Waals surface area contributed by atoms with Crippen molar-refractivity contribution in [2.75, 3.05) is 13.7 Å². The van der Waals surface area contributed by atoms with Crippen LogP contribution in [0.3, 0.4) is 0 Å². The number of rotatable bonds is 8. The molecule has 1 rings (SSSR count). The Kier molecular flexibility index (Phi) is 6.92. The zero-order valence-electron chi connectivity index (χ0n) is 15.4. The van der Waals surface area contributed by atoms with Crippen LogP contribution in [0.25, 0.3) is 0 Å². The summed E-state index contributed by atoms with van der Waals surface area (Å²) < 4.78 is 10.7. The van der Waals surface area contributed by atoms with Gasteiger partial charge in [0.1, 0.15) is 11.5 Å². The van der Waals surface area contributed by atoms with E-state index in [1.54, 1.807) is 7.11 Å². The molecular formula is C19H31NO3. The van der Waals surface area contributed by atoms with Crippen LogP contribution in [0.1, 0.15) is 53.9 Å². The average Bonchev–Trinajstić information content (AvgIpc) is 2.41. The van der Waals surface area contributed by atoms with E-state index in [0.29, 0.717) is 19.4 Å². The summed E-state index contributed by atoms with van der Waals surface area (Å²) in [5.74, 6) is 1.68. The van der Waals surface area contributed by atoms with Crippen molar-refractivity contribution in [1.82, 2.24) is 5.32 Å². The Bertz CT molecular complexity index is 486. The molecule has 0 aliphatic rings. The second-order valence-corrected chi connectivity index (χ2v) is 7.80. The number of benzene rings is 1. The van der Waals surface area contributed by atoms with Crippen molar-refractivity contribution in [2.45, 2.75) is 59.4 Å². The van der Waals surface area contributed by atoms with Gasteiger partial charge in [-0.2, -0.15) is 0 Å². The first-order chi connectivity index (χ1) is 10.6. The summed E-state index contributed by atoms with van der Waals surface area (Å²) in [5.41, 5.74) is 0.000428. The molecule has 0 fully saturated rings. The van der Waals surface area contributed by atoms with Gasteiger partial charge >= 0.3 is 0 Å². The summed E-state index contributed by atoms with van der Waals surface area (Å²) in [7, 11) is 1.63. The predicted molar refractivity (Wildman–Crippen MR) is 94.0 cm³/mol. The fourth-order valence-electron chi connectivity index (χ4n) is 2.90. The van der Waals surface area contributed by atoms with Crippen molar-refractivity contribution in [2.24, 2.45) is 5.41 Å². The van der Waals surface area contributed by atoms with Gasteiger partial charge in [0.2, 0.25) is 5.91 Å². The maximum Gasteiger partial charge on any atom is 0.220 e. The van der Waals surface area contributed by atoms with Gasteiger partial charge in [0, 0.05) is 12.0 Å². The molecule has 0 atom stereocenters. The Labute approximate surface area is 140 Å². The van der Waals surface area contributed by atoms with E-state index in [1.807, 2.05) is 24.3 Å². The van der Waals surface area contributed by atoms with Gasteiger partial charge in [-0.05, 0) is 56.4 Å². The van der Waals surface area contributed by atoms with Crippen LogP contribution in [0.2, 0.25) is 0 Å². The van der Waals surface area contributed by atoms with Gasteiger partial charge in [0.25, 0.3) is 0 Å². The molecule has 1 amide bonds. The molecule has 0 bridgehead atoms. The Morgan fingerprint density at radius 3 is 2.13 bits per heavy atom. The smallest absolute Gasteiger partial charge is 0.220 e. The second-order valence-electron chi connectivity index (χ2n) is 7.80. The molecule has 23 heavy (non-hydrogen) atoms. The first kappa shape index (κ1) is 19.3. The van der Waals surface area contributed by atoms with Gasteiger partial charge in [-0.15, -0.1) is 0 Å². The van der Waals surface area contributed by atoms with E-state index in [4.69, 9.17) is 9.47 Å². The van der Waals surface area contributed by atoms with Gasteiger partial charge < -0.3 is 14.8 Å². The molecule has 1 N–H and O–H groups in total. The minimum Gasteiger partial charge on any atom is -0.497 e. The van der Waals surface area contributed by atoms with Crippen molar-refractivity contribution in [3.05, 3.63) is 24.3 Å². The number of ether oxygens (including phenoxy) is 2. The monoisotopic (exact) mass is 321 g/mol. The fourth-order valence-corrected chi connectivity index (χ4v) is 2.90. The van der Waals surface area contributed by atoms with E-state index in [1.165, 1.54) is 0 Å². The van der Waals surface area contributed by atoms with Crippen LogP contribution < -0.4 is 14.8 Å². The lowest BCUT2D eigenvalue weighted by molar-refractivity contribution is -0.123. The lowest BCUT2D eigenvalue weighted by Gasteiger charge is -2.33. The molecule has 4 heteroatoms. The number of carbonyl (C=O) groups is 1. The van der Waals surface area contributed by atoms with Crippen molar-refractivity contribution < 1.29 is 14.3 Å². The average molecular weight is 321 g/mol. The molecule has 0 saturated carbocycles. The van der Waals surface area contributed by atoms with Crippen LogP contribution in [0.4, 0.5) is 0 Å². The number of hydrogen-bond donors (Lipinski definition) is 1. The minimum absolute atomic E-state index is 0.0811. The molecule has 1 aromatic carbocycles. The van der Waals surface area contributed by atoms with Crippen molar-refractivity contribution >= 4 is 5.91 Å². The molecule has 0 unspecified atom stereocenters. The number of nitrogens with one attached hydrogen (secondary N) is 1. The number of amides is 1. The largest absolute Gasteiger partial charge is 0.497 e. The first-order valence-electron chi connectivity index (χ1n) is 8.19. The lowest BCUT2D eigenvalue weighted by atomic mass is 9.82. The van der Waals surface area contributed by atoms with E-state index in [0.717, 1.165) is 17.9 Å². The van der Waals surface area contributed by atoms with Gasteiger partial charge in [-0.25, -0.2) is 0 Å². The van der Waals surface area contributed by atoms with E-state index in [-0.39, 0.29) is 16.9 Å². The Hall–Kier alpha value is -1.71. The van der Waals surface area contributed by atoms with Crippen LogP contribution in [0.15, 0.2) is 24.3 Å². The molecule has 0 aliphatic carbocycles. The highest BCUT2D eigenvalue weighted by atomic mass is 16.5. The molecule has 4 nitrogen and oxygen atoms in total. The molecule has 0 aliphatic heterocycles. The normalized spacial score (nSPS) is 11.9. The predicted octanol–water partition coefficient (Wildman–Crippen LogP) is 4.19. The second kappa shape index (κ2) is 8.23. The van der Waals surface area contributed by atoms with Crippen molar-refractivity contribution in [3.63, 3.8) is 0 Å². The highest BCUT2D eigenvalue weighted by Gasteiger charge is 2.26. The fraction of sp³-hybridized carbons (Fsp3) is 0.632. The lowest BCUT2D eigenvalue weighted by Crippen LogP contribution is -2.45. The topological polar surface area (TPSA) is 47.6 Å². The molecule has 1 aromatic rings. The molecule has 0 heterocycles. The van der Waals surface area contributed by atoms with E-state index < -0.39 is 0 Å². The standard InChI is InChI=1S/C19H31NO3/c1-18(2,3)14-19(4,5)20-17(21)8-7-13-23-16-11-9-15(22-6)10-12-16/h9-12H,7-8,13-14H2,1-6H3,(H,20,21). The molecular weight excluding hydrogens is 290 g/mol. The quantitative estimate of drug-likeness (QED) is 0.731. The maximum absolute atomic E-state index is 12.1. The zero-order valence-corrected chi connectivity index (χ0v) is 15.4. The van der Waals surface area contributed by atoms with Crippen LogP contribution in [-0.2, 0) is 4.79 Å². The number of methoxy groups -OCH3 is 1. The summed E-state index contributed by atoms with van der Waals surface area (Å²) in [6, 6.07) is 7.45. The Balaban J connectivity index is 2.28. The first-order valence-corrected chi connectivity index (χ1v) is 8.19. The summed E-state index contributed by atoms with van der Waals surface area (Å²) in [5, 5.41) is 3.12. The van der Waals surface area contributed by atoms with Crippen molar-refractivity contribution in [3.8, 4) is 11.5 Å². The van der Waals surface area contributed by atoms with Crippen LogP contribution in [0, 0.1) is 5.41 Å². The van der Waals surface area contributed by atoms with Gasteiger partial charge in [-0.1, -0.05) is 20.8 Å². The van der Waals surface area contributed by atoms with Gasteiger partial charge in [0.05, 0.1) is 13.7 Å². The third-order valence-electron chi connectivity index (χ3n) is 3.33. The summed E-state index contributed by atoms with van der Waals surface area (Å²) in [4.78, 5) is 12.1. The zero-order chi connectivity index (χ0) is 17.5. The molecule has 0 spiro atoms. The molecule has 0 radical (unpaired) electrons. The number of hydrogen-bond acceptors (Lipinski definition) is 3. The Morgan fingerprint density at radius 2 is 1.61 bits per heavy atom. The highest BCUT2D eigenvalue weighted by molar-refractivity contribution is 5.76. The SMILES string of the molecule is COc1ccc(OCCCC(=O)NC(C)(C)CC(C)(C)C)cc1. The summed E-state index contributed by atoms with van der Waals surface area (Å²) >= 11 is 0. The molecule has 130 valence electrons. The van der Waals surface area contributed by atoms with Gasteiger partial charge in [0.15, 0.2) is 0 Å². The maximum atomic E-state index is 12.1. The highest BCUT2D eigenvalue weighted by Crippen LogP contribution is 2.26. The number of carbonyl (C=O) groups excluding carboxylic acids is 1. The van der Waals surface area contributed by atoms with Crippen LogP contribution in [0.5, 0.6) is 11.5 Å². The van der Waals surface area contributed by atoms with Crippen molar-refractivity contribution in [1.29, 1.82) is 0 Å². The van der Waals surface area contributed by atoms with E-state index in [9.17, 15) is 4.79 Å². The van der Waals surface area contributed by atoms with Crippen LogP contribution in [-0.4, -0.2) is 25.2 Å². The molecule has 0 saturated heterocycles. The van der Waals surface area contributed by atoms with E-state index in [2.05, 4.69) is 39.9 Å². The summed E-state index contributed by atoms with van der Waals surface area (Å²) in [6.45, 7) is 11.2. The van der Waals surface area contributed by atoms with Gasteiger partial charge in [-0.3, -0.25) is 4.79 Å². The van der Waals surface area contributed by atoms with E-state index >= 15 is 0 Å². The third-order valence-corrected chi connectivity index (χ3v) is 3.33. The minimum atomic E-state index is -0.188.